The minimum atomic E-state index is -0.889. The summed E-state index contributed by atoms with van der Waals surface area (Å²) in [5.41, 5.74) is 1.78. The van der Waals surface area contributed by atoms with E-state index in [0.29, 0.717) is 84.0 Å². The van der Waals surface area contributed by atoms with Crippen molar-refractivity contribution in [2.24, 2.45) is 0 Å². The number of hydrogen-bond acceptors (Lipinski definition) is 14. The number of rotatable bonds is 45. The zero-order valence-corrected chi connectivity index (χ0v) is 63.7. The lowest BCUT2D eigenvalue weighted by Crippen LogP contribution is -2.43. The fraction of sp³-hybridized carbons (Fsp3) is 0.495. The Bertz CT molecular complexity index is 3750. The molecular formula is C91H116N2O12-2. The van der Waals surface area contributed by atoms with Crippen molar-refractivity contribution in [2.75, 3.05) is 13.2 Å². The third kappa shape index (κ3) is 23.2. The molecule has 0 unspecified atom stereocenters. The van der Waals surface area contributed by atoms with Crippen LogP contribution in [0.5, 0.6) is 28.7 Å². The maximum atomic E-state index is 14.4. The number of hydrogen-bond donors (Lipinski definition) is 0. The van der Waals surface area contributed by atoms with Gasteiger partial charge in [-0.05, 0) is 203 Å². The molecule has 0 saturated carbocycles. The van der Waals surface area contributed by atoms with Crippen molar-refractivity contribution >= 4 is 23.9 Å². The highest BCUT2D eigenvalue weighted by molar-refractivity contribution is 5.92. The first-order valence-corrected chi connectivity index (χ1v) is 39.7. The number of esters is 4. The summed E-state index contributed by atoms with van der Waals surface area (Å²) in [6.45, 7) is 13.5. The largest absolute Gasteiger partial charge is 0.784 e. The molecule has 2 saturated heterocycles. The van der Waals surface area contributed by atoms with Gasteiger partial charge in [0.15, 0.2) is 0 Å². The van der Waals surface area contributed by atoms with Gasteiger partial charge in [0, 0.05) is 22.2 Å². The van der Waals surface area contributed by atoms with Crippen LogP contribution in [0.25, 0.3) is 0 Å². The SMILES string of the molecule is CCCCCCCCCCCCCCCCOc1ccc(C(=O)Oc2ccc([C@]3(C)CC[C@@](C)(c4ccc(C(=O)OCc5ccc(OC(=O)c6ccc([C@]7(C)CC[C@@](C)(c8ccc(OC(=O)c9ccc(OCCCCCCCCCCCCCCCC)cc9)cc8)N7[O-])cc6)cc5)cc4)N3[O-])cc2)cc1. The molecule has 564 valence electrons. The van der Waals surface area contributed by atoms with Gasteiger partial charge in [0.1, 0.15) is 35.4 Å². The third-order valence-corrected chi connectivity index (χ3v) is 22.1. The zero-order valence-electron chi connectivity index (χ0n) is 63.7. The van der Waals surface area contributed by atoms with E-state index in [9.17, 15) is 29.6 Å². The monoisotopic (exact) mass is 1430 g/mol. The number of carbonyl (C=O) groups excluding carboxylic acids is 4. The van der Waals surface area contributed by atoms with Crippen molar-refractivity contribution in [3.8, 4) is 28.7 Å². The third-order valence-electron chi connectivity index (χ3n) is 22.1. The molecule has 14 nitrogen and oxygen atoms in total. The Morgan fingerprint density at radius 2 is 0.514 bits per heavy atom. The van der Waals surface area contributed by atoms with Crippen molar-refractivity contribution in [1.82, 2.24) is 10.1 Å². The molecule has 7 aromatic carbocycles. The Morgan fingerprint density at radius 1 is 0.295 bits per heavy atom. The number of benzene rings is 7. The van der Waals surface area contributed by atoms with Crippen molar-refractivity contribution in [1.29, 1.82) is 0 Å². The highest BCUT2D eigenvalue weighted by Gasteiger charge is 2.48. The second kappa shape index (κ2) is 41.1. The Hall–Kier alpha value is -8.14. The van der Waals surface area contributed by atoms with Crippen LogP contribution < -0.4 is 23.7 Å². The molecule has 2 heterocycles. The fourth-order valence-corrected chi connectivity index (χ4v) is 14.9. The maximum absolute atomic E-state index is 14.4. The van der Waals surface area contributed by atoms with Crippen LogP contribution >= 0.6 is 0 Å². The molecule has 105 heavy (non-hydrogen) atoms. The number of hydroxylamine groups is 4. The summed E-state index contributed by atoms with van der Waals surface area (Å²) in [5.74, 6) is 0.444. The van der Waals surface area contributed by atoms with Crippen LogP contribution in [-0.2, 0) is 33.5 Å². The number of carbonyl (C=O) groups is 4. The average Bonchev–Trinajstić information content (AvgIpc) is 1.60. The summed E-state index contributed by atoms with van der Waals surface area (Å²) in [6, 6.07) is 48.9. The molecule has 0 bridgehead atoms. The average molecular weight is 1430 g/mol. The summed E-state index contributed by atoms with van der Waals surface area (Å²) in [5, 5.41) is 31.1. The van der Waals surface area contributed by atoms with Crippen molar-refractivity contribution in [3.63, 3.8) is 0 Å². The summed E-state index contributed by atoms with van der Waals surface area (Å²) in [6.07, 6.45) is 38.9. The van der Waals surface area contributed by atoms with E-state index < -0.39 is 46.0 Å². The van der Waals surface area contributed by atoms with Gasteiger partial charge >= 0.3 is 23.9 Å². The topological polar surface area (TPSA) is 176 Å². The van der Waals surface area contributed by atoms with Crippen molar-refractivity contribution in [3.05, 3.63) is 230 Å². The molecule has 0 aromatic heterocycles. The lowest BCUT2D eigenvalue weighted by atomic mass is 9.89. The Balaban J connectivity index is 0.648. The first-order chi connectivity index (χ1) is 50.9. The van der Waals surface area contributed by atoms with E-state index >= 15 is 0 Å². The van der Waals surface area contributed by atoms with Gasteiger partial charge in [-0.2, -0.15) is 0 Å². The van der Waals surface area contributed by atoms with Gasteiger partial charge in [-0.1, -0.05) is 241 Å². The van der Waals surface area contributed by atoms with Crippen LogP contribution in [0.15, 0.2) is 170 Å². The normalized spacial score (nSPS) is 18.8. The summed E-state index contributed by atoms with van der Waals surface area (Å²) in [7, 11) is 0. The minimum absolute atomic E-state index is 0.0259. The van der Waals surface area contributed by atoms with Crippen LogP contribution in [-0.4, -0.2) is 47.2 Å². The van der Waals surface area contributed by atoms with Crippen molar-refractivity contribution < 1.29 is 47.6 Å². The quantitative estimate of drug-likeness (QED) is 0.0200. The predicted octanol–water partition coefficient (Wildman–Crippen LogP) is 23.9. The van der Waals surface area contributed by atoms with Gasteiger partial charge in [0.25, 0.3) is 0 Å². The molecule has 0 radical (unpaired) electrons. The molecule has 0 amide bonds. The second-order valence-electron chi connectivity index (χ2n) is 30.2. The number of unbranched alkanes of at least 4 members (excludes halogenated alkanes) is 26. The van der Waals surface area contributed by atoms with Gasteiger partial charge in [-0.25, -0.2) is 19.2 Å². The van der Waals surface area contributed by atoms with E-state index in [1.54, 1.807) is 146 Å². The zero-order chi connectivity index (χ0) is 74.3. The van der Waals surface area contributed by atoms with E-state index in [0.717, 1.165) is 69.6 Å². The van der Waals surface area contributed by atoms with E-state index in [1.807, 2.05) is 52.0 Å². The summed E-state index contributed by atoms with van der Waals surface area (Å²) >= 11 is 0. The summed E-state index contributed by atoms with van der Waals surface area (Å²) < 4.78 is 34.8. The van der Waals surface area contributed by atoms with Gasteiger partial charge < -0.3 is 49.0 Å². The molecule has 7 aromatic rings. The van der Waals surface area contributed by atoms with E-state index in [2.05, 4.69) is 13.8 Å². The molecule has 0 spiro atoms. The number of ether oxygens (including phenoxy) is 6. The molecule has 0 aliphatic carbocycles. The Morgan fingerprint density at radius 3 is 0.790 bits per heavy atom. The van der Waals surface area contributed by atoms with Crippen LogP contribution in [0.2, 0.25) is 0 Å². The lowest BCUT2D eigenvalue weighted by molar-refractivity contribution is 0.0471. The minimum Gasteiger partial charge on any atom is -0.784 e. The first-order valence-electron chi connectivity index (χ1n) is 39.7. The smallest absolute Gasteiger partial charge is 0.343 e. The molecule has 2 fully saturated rings. The highest BCUT2D eigenvalue weighted by atomic mass is 16.6. The lowest BCUT2D eigenvalue weighted by Gasteiger charge is -2.50. The molecule has 4 atom stereocenters. The van der Waals surface area contributed by atoms with Crippen LogP contribution in [0.3, 0.4) is 0 Å². The molecule has 14 heteroatoms. The highest BCUT2D eigenvalue weighted by Crippen LogP contribution is 2.53. The second-order valence-corrected chi connectivity index (χ2v) is 30.2. The van der Waals surface area contributed by atoms with Gasteiger partial charge in [-0.15, -0.1) is 0 Å². The van der Waals surface area contributed by atoms with E-state index in [-0.39, 0.29) is 6.61 Å². The number of nitrogens with zero attached hydrogens (tertiary/aromatic N) is 2. The fourth-order valence-electron chi connectivity index (χ4n) is 14.9. The van der Waals surface area contributed by atoms with Crippen molar-refractivity contribution in [2.45, 2.75) is 276 Å². The van der Waals surface area contributed by atoms with E-state index in [1.165, 1.54) is 154 Å². The van der Waals surface area contributed by atoms with Crippen LogP contribution in [0, 0.1) is 10.4 Å². The van der Waals surface area contributed by atoms with Gasteiger partial charge in [-0.3, -0.25) is 0 Å². The van der Waals surface area contributed by atoms with Crippen LogP contribution in [0.4, 0.5) is 0 Å². The van der Waals surface area contributed by atoms with Crippen LogP contribution in [0.1, 0.15) is 316 Å². The standard InChI is InChI=1S/C91H116N2O12/c1-7-9-11-13-15-17-19-21-23-25-27-29-31-33-67-100-79-55-41-73(42-56-79)86(96)104-82-59-49-77(50-60-82)90(5)65-63-88(3,92(90)98)75-45-37-71(38-46-75)84(94)102-69-70-35-53-81(54-36-70)103-85(95)72-39-47-76(48-40-72)89(4)64-66-91(6,93(89)99)78-51-61-83(62-52-78)105-87(97)74-43-57-80(58-44-74)101-68-34-32-30-28-26-24-22-20-18-16-14-12-10-8-2/h35-62H,7-34,63-69H2,1-6H3/q-2/t88-,89-,90-,91-/m0/s1. The van der Waals surface area contributed by atoms with Gasteiger partial charge in [0.2, 0.25) is 0 Å². The molecule has 0 N–H and O–H groups in total. The first kappa shape index (κ1) is 80.9. The van der Waals surface area contributed by atoms with E-state index in [4.69, 9.17) is 28.4 Å². The Kier molecular flexibility index (Phi) is 31.7. The predicted molar refractivity (Wildman–Crippen MR) is 419 cm³/mol. The maximum Gasteiger partial charge on any atom is 0.343 e. The van der Waals surface area contributed by atoms with Gasteiger partial charge in [0.05, 0.1) is 35.5 Å². The molecule has 9 rings (SSSR count). The Labute approximate surface area is 626 Å². The molecule has 2 aliphatic rings. The molecule has 2 aliphatic heterocycles. The summed E-state index contributed by atoms with van der Waals surface area (Å²) in [4.78, 5) is 53.0. The molecular weight excluding hydrogens is 1310 g/mol.